The van der Waals surface area contributed by atoms with Crippen molar-refractivity contribution in [2.24, 2.45) is 17.3 Å². The fraction of sp³-hybridized carbons (Fsp3) is 0.512. The molecule has 55 heavy (non-hydrogen) atoms. The molecule has 14 heteroatoms. The Labute approximate surface area is 321 Å². The summed E-state index contributed by atoms with van der Waals surface area (Å²) in [5, 5.41) is 6.59. The van der Waals surface area contributed by atoms with E-state index in [2.05, 4.69) is 21.9 Å². The third kappa shape index (κ3) is 7.70. The molecule has 13 nitrogen and oxygen atoms in total. The Morgan fingerprint density at radius 3 is 2.15 bits per heavy atom. The van der Waals surface area contributed by atoms with E-state index in [-0.39, 0.29) is 31.7 Å². The number of pyridine rings is 1. The van der Waals surface area contributed by atoms with E-state index < -0.39 is 73.8 Å². The molecule has 0 bridgehead atoms. The normalized spacial score (nSPS) is 24.6. The molecule has 3 aromatic rings. The quantitative estimate of drug-likeness (QED) is 0.195. The number of fused-ring (bicyclic) bond motifs is 2. The summed E-state index contributed by atoms with van der Waals surface area (Å²) >= 11 is 0. The predicted molar refractivity (Wildman–Crippen MR) is 208 cm³/mol. The van der Waals surface area contributed by atoms with Crippen molar-refractivity contribution in [2.45, 2.75) is 95.0 Å². The van der Waals surface area contributed by atoms with Crippen LogP contribution in [0.3, 0.4) is 0 Å². The molecule has 3 N–H and O–H groups in total. The molecule has 0 spiro atoms. The summed E-state index contributed by atoms with van der Waals surface area (Å²) in [7, 11) is -3.91. The molecule has 292 valence electrons. The molecule has 2 saturated heterocycles. The zero-order valence-corrected chi connectivity index (χ0v) is 32.5. The van der Waals surface area contributed by atoms with Crippen molar-refractivity contribution in [1.82, 2.24) is 30.1 Å². The lowest BCUT2D eigenvalue weighted by Crippen LogP contribution is -2.57. The lowest BCUT2D eigenvalue weighted by molar-refractivity contribution is -0.148. The van der Waals surface area contributed by atoms with Crippen LogP contribution < -0.4 is 15.4 Å². The number of para-hydroxylation sites is 2. The van der Waals surface area contributed by atoms with Gasteiger partial charge in [0.2, 0.25) is 27.7 Å². The van der Waals surface area contributed by atoms with Gasteiger partial charge in [-0.25, -0.2) is 13.4 Å². The number of nitrogens with zero attached hydrogens (tertiary/aromatic N) is 3. The number of rotatable bonds is 11. The van der Waals surface area contributed by atoms with Gasteiger partial charge in [-0.05, 0) is 62.5 Å². The van der Waals surface area contributed by atoms with E-state index in [9.17, 15) is 32.4 Å². The molecule has 2 saturated carbocycles. The maximum atomic E-state index is 14.8. The Balaban J connectivity index is 1.19. The third-order valence-electron chi connectivity index (χ3n) is 11.7. The molecular formula is C41H50N6O7S. The number of piperidine rings is 1. The van der Waals surface area contributed by atoms with E-state index >= 15 is 0 Å². The van der Waals surface area contributed by atoms with Gasteiger partial charge >= 0.3 is 0 Å². The van der Waals surface area contributed by atoms with Crippen molar-refractivity contribution < 1.29 is 32.4 Å². The highest BCUT2D eigenvalue weighted by atomic mass is 32.2. The van der Waals surface area contributed by atoms with Gasteiger partial charge in [-0.1, -0.05) is 63.2 Å². The molecule has 2 aromatic carbocycles. The molecular weight excluding hydrogens is 721 g/mol. The van der Waals surface area contributed by atoms with E-state index in [0.717, 1.165) is 19.3 Å². The monoisotopic (exact) mass is 770 g/mol. The lowest BCUT2D eigenvalue weighted by Gasteiger charge is -2.36. The number of carbonyl (C=O) groups excluding carboxylic acids is 5. The van der Waals surface area contributed by atoms with Gasteiger partial charge in [0, 0.05) is 48.8 Å². The summed E-state index contributed by atoms with van der Waals surface area (Å²) in [5.41, 5.74) is -0.508. The van der Waals surface area contributed by atoms with Crippen molar-refractivity contribution in [3.63, 3.8) is 0 Å². The van der Waals surface area contributed by atoms with Crippen LogP contribution >= 0.6 is 0 Å². The van der Waals surface area contributed by atoms with Crippen LogP contribution in [0.15, 0.2) is 61.2 Å². The largest absolute Gasteiger partial charge is 0.347 e. The van der Waals surface area contributed by atoms with Crippen molar-refractivity contribution in [2.75, 3.05) is 19.6 Å². The second kappa shape index (κ2) is 14.7. The second-order valence-electron chi connectivity index (χ2n) is 16.7. The molecule has 3 heterocycles. The molecule has 4 aliphatic rings. The van der Waals surface area contributed by atoms with Crippen LogP contribution in [0.4, 0.5) is 0 Å². The summed E-state index contributed by atoms with van der Waals surface area (Å²) in [6.45, 7) is 10.7. The van der Waals surface area contributed by atoms with Crippen LogP contribution in [0.1, 0.15) is 82.5 Å². The topological polar surface area (TPSA) is 175 Å². The first kappa shape index (κ1) is 38.4. The van der Waals surface area contributed by atoms with Crippen molar-refractivity contribution >= 4 is 61.4 Å². The van der Waals surface area contributed by atoms with E-state index in [1.54, 1.807) is 4.90 Å². The molecule has 1 aromatic heterocycles. The van der Waals surface area contributed by atoms with E-state index in [1.807, 2.05) is 69.3 Å². The van der Waals surface area contributed by atoms with Gasteiger partial charge in [0.1, 0.15) is 11.6 Å². The number of sulfonamides is 1. The number of benzene rings is 2. The molecule has 2 aliphatic heterocycles. The van der Waals surface area contributed by atoms with Crippen LogP contribution in [-0.2, 0) is 29.2 Å². The van der Waals surface area contributed by atoms with Gasteiger partial charge in [-0.2, -0.15) is 0 Å². The van der Waals surface area contributed by atoms with Crippen molar-refractivity contribution in [1.29, 1.82) is 0 Å². The Kier molecular flexibility index (Phi) is 10.2. The highest BCUT2D eigenvalue weighted by Gasteiger charge is 2.62. The number of hydrogen-bond acceptors (Lipinski definition) is 8. The number of aromatic nitrogens is 1. The van der Waals surface area contributed by atoms with Crippen LogP contribution in [0.5, 0.6) is 0 Å². The van der Waals surface area contributed by atoms with E-state index in [0.29, 0.717) is 53.3 Å². The standard InChI is InChI=1S/C41H50N6O7S/c1-5-25-23-41(25,39(52)45-55(53,54)27-17-18-27)44-36(49)33-21-26(24-47(33)38(51)30(40(2,3)4)22-34(48)46-19-11-6-12-20-46)42-37(50)35-28-13-7-9-15-31(28)43-32-16-10-8-14-29(32)35/h5,7-10,13-16,25-27,30,33H,1,6,11-12,17-24H2,2-4H3,(H,42,50)(H,44,49)(H,45,52)/t25-,26-,30-,33+,41-/m1/s1. The third-order valence-corrected chi connectivity index (χ3v) is 13.5. The van der Waals surface area contributed by atoms with Crippen LogP contribution in [-0.4, -0.2) is 95.2 Å². The lowest BCUT2D eigenvalue weighted by atomic mass is 9.77. The first-order valence-electron chi connectivity index (χ1n) is 19.3. The molecule has 7 rings (SSSR count). The van der Waals surface area contributed by atoms with Gasteiger partial charge < -0.3 is 20.4 Å². The predicted octanol–water partition coefficient (Wildman–Crippen LogP) is 3.82. The smallest absolute Gasteiger partial charge is 0.259 e. The number of amides is 5. The zero-order valence-electron chi connectivity index (χ0n) is 31.7. The Bertz CT molecular complexity index is 2120. The molecule has 5 atom stereocenters. The molecule has 0 radical (unpaired) electrons. The van der Waals surface area contributed by atoms with Crippen molar-refractivity contribution in [3.05, 3.63) is 66.7 Å². The summed E-state index contributed by atoms with van der Waals surface area (Å²) in [4.78, 5) is 78.6. The summed E-state index contributed by atoms with van der Waals surface area (Å²) in [6.07, 6.45) is 5.41. The van der Waals surface area contributed by atoms with E-state index in [1.165, 1.54) is 11.0 Å². The summed E-state index contributed by atoms with van der Waals surface area (Å²) in [6, 6.07) is 12.9. The number of nitrogens with one attached hydrogen (secondary N) is 3. The average molecular weight is 771 g/mol. The Morgan fingerprint density at radius 2 is 1.58 bits per heavy atom. The SMILES string of the molecule is C=C[C@@H]1C[C@]1(NC(=O)[C@@H]1C[C@@H](NC(=O)c2c3ccccc3nc3ccccc23)CN1C(=O)[C@@H](CC(=O)N1CCCCC1)C(C)(C)C)C(=O)NS(=O)(=O)C1CC1. The minimum absolute atomic E-state index is 0.0196. The number of carbonyl (C=O) groups is 5. The second-order valence-corrected chi connectivity index (χ2v) is 18.6. The zero-order chi connectivity index (χ0) is 39.3. The van der Waals surface area contributed by atoms with Crippen molar-refractivity contribution in [3.8, 4) is 0 Å². The maximum Gasteiger partial charge on any atom is 0.259 e. The fourth-order valence-corrected chi connectivity index (χ4v) is 9.57. The van der Waals surface area contributed by atoms with Gasteiger partial charge in [-0.3, -0.25) is 28.7 Å². The first-order chi connectivity index (χ1) is 26.1. The van der Waals surface area contributed by atoms with Crippen LogP contribution in [0.25, 0.3) is 21.8 Å². The maximum absolute atomic E-state index is 14.8. The summed E-state index contributed by atoms with van der Waals surface area (Å²) < 4.78 is 27.7. The highest BCUT2D eigenvalue weighted by molar-refractivity contribution is 7.91. The van der Waals surface area contributed by atoms with Gasteiger partial charge in [-0.15, -0.1) is 6.58 Å². The molecule has 2 aliphatic carbocycles. The fourth-order valence-electron chi connectivity index (χ4n) is 8.21. The summed E-state index contributed by atoms with van der Waals surface area (Å²) in [5.74, 6) is -3.71. The molecule has 4 fully saturated rings. The van der Waals surface area contributed by atoms with E-state index in [4.69, 9.17) is 4.98 Å². The molecule has 0 unspecified atom stereocenters. The number of likely N-dealkylation sites (tertiary alicyclic amines) is 2. The Hall–Kier alpha value is -4.85. The average Bonchev–Trinajstić information content (AvgIpc) is 4.09. The first-order valence-corrected chi connectivity index (χ1v) is 20.8. The Morgan fingerprint density at radius 1 is 0.964 bits per heavy atom. The van der Waals surface area contributed by atoms with Gasteiger partial charge in [0.25, 0.3) is 11.8 Å². The van der Waals surface area contributed by atoms with Crippen LogP contribution in [0, 0.1) is 17.3 Å². The highest BCUT2D eigenvalue weighted by Crippen LogP contribution is 2.46. The number of hydrogen-bond donors (Lipinski definition) is 3. The van der Waals surface area contributed by atoms with Gasteiger partial charge in [0.15, 0.2) is 0 Å². The minimum atomic E-state index is -3.91. The minimum Gasteiger partial charge on any atom is -0.347 e. The molecule has 5 amide bonds. The van der Waals surface area contributed by atoms with Gasteiger partial charge in [0.05, 0.1) is 27.8 Å². The van der Waals surface area contributed by atoms with Crippen LogP contribution in [0.2, 0.25) is 0 Å².